The summed E-state index contributed by atoms with van der Waals surface area (Å²) in [4.78, 5) is 3.92. The molecule has 1 heterocycles. The van der Waals surface area contributed by atoms with Crippen LogP contribution in [0.3, 0.4) is 0 Å². The van der Waals surface area contributed by atoms with Crippen molar-refractivity contribution in [2.45, 2.75) is 19.2 Å². The highest BCUT2D eigenvalue weighted by molar-refractivity contribution is 6.20. The van der Waals surface area contributed by atoms with Crippen molar-refractivity contribution in [1.82, 2.24) is 4.98 Å². The van der Waals surface area contributed by atoms with Crippen LogP contribution in [0.25, 0.3) is 0 Å². The zero-order valence-corrected chi connectivity index (χ0v) is 6.14. The molecule has 0 aliphatic carbocycles. The highest BCUT2D eigenvalue weighted by atomic mass is 35.5. The second kappa shape index (κ2) is 2.40. The van der Waals surface area contributed by atoms with E-state index < -0.39 is 0 Å². The van der Waals surface area contributed by atoms with Gasteiger partial charge in [0.25, 0.3) is 0 Å². The molecule has 0 saturated carbocycles. The molecular weight excluding hydrogens is 138 g/mol. The number of rotatable bonds is 1. The quantitative estimate of drug-likeness (QED) is 0.567. The molecule has 1 aromatic rings. The lowest BCUT2D eigenvalue weighted by atomic mass is 10.5. The molecule has 0 spiro atoms. The molecular formula is C6H8ClNO. The number of nitrogens with zero attached hydrogens (tertiary/aromatic N) is 1. The maximum atomic E-state index is 5.66. The molecule has 0 aliphatic heterocycles. The first-order valence-corrected chi connectivity index (χ1v) is 3.20. The van der Waals surface area contributed by atoms with Gasteiger partial charge in [-0.25, -0.2) is 4.98 Å². The van der Waals surface area contributed by atoms with E-state index >= 15 is 0 Å². The van der Waals surface area contributed by atoms with Crippen molar-refractivity contribution in [3.63, 3.8) is 0 Å². The van der Waals surface area contributed by atoms with Gasteiger partial charge in [0.05, 0.1) is 6.20 Å². The Morgan fingerprint density at radius 3 is 2.67 bits per heavy atom. The molecule has 0 radical (unpaired) electrons. The van der Waals surface area contributed by atoms with E-state index in [-0.39, 0.29) is 5.38 Å². The fourth-order valence-corrected chi connectivity index (χ4v) is 0.657. The van der Waals surface area contributed by atoms with E-state index in [1.54, 1.807) is 6.20 Å². The van der Waals surface area contributed by atoms with Crippen LogP contribution in [0.15, 0.2) is 10.6 Å². The first-order valence-electron chi connectivity index (χ1n) is 2.76. The van der Waals surface area contributed by atoms with Crippen molar-refractivity contribution in [1.29, 1.82) is 0 Å². The average Bonchev–Trinajstić information content (AvgIpc) is 2.14. The van der Waals surface area contributed by atoms with E-state index in [9.17, 15) is 0 Å². The SMILES string of the molecule is Cc1cnc([C@@H](C)Cl)o1. The lowest BCUT2D eigenvalue weighted by Crippen LogP contribution is -1.80. The Morgan fingerprint density at radius 1 is 1.78 bits per heavy atom. The molecule has 0 amide bonds. The third kappa shape index (κ3) is 1.45. The van der Waals surface area contributed by atoms with Gasteiger partial charge in [0, 0.05) is 0 Å². The second-order valence-corrected chi connectivity index (χ2v) is 2.58. The van der Waals surface area contributed by atoms with Gasteiger partial charge in [-0.1, -0.05) is 0 Å². The van der Waals surface area contributed by atoms with Crippen LogP contribution in [-0.2, 0) is 0 Å². The fraction of sp³-hybridized carbons (Fsp3) is 0.500. The van der Waals surface area contributed by atoms with Gasteiger partial charge >= 0.3 is 0 Å². The Hall–Kier alpha value is -0.500. The van der Waals surface area contributed by atoms with Gasteiger partial charge in [-0.05, 0) is 13.8 Å². The molecule has 3 heteroatoms. The van der Waals surface area contributed by atoms with Crippen LogP contribution in [0.1, 0.15) is 24.0 Å². The first kappa shape index (κ1) is 6.62. The fourth-order valence-electron chi connectivity index (χ4n) is 0.556. The predicted molar refractivity (Wildman–Crippen MR) is 35.5 cm³/mol. The predicted octanol–water partition coefficient (Wildman–Crippen LogP) is 2.28. The van der Waals surface area contributed by atoms with Crippen molar-refractivity contribution in [3.05, 3.63) is 17.8 Å². The van der Waals surface area contributed by atoms with Crippen molar-refractivity contribution in [2.75, 3.05) is 0 Å². The van der Waals surface area contributed by atoms with Gasteiger partial charge in [0.15, 0.2) is 0 Å². The summed E-state index contributed by atoms with van der Waals surface area (Å²) in [6.45, 7) is 3.67. The summed E-state index contributed by atoms with van der Waals surface area (Å²) >= 11 is 5.66. The Labute approximate surface area is 58.8 Å². The van der Waals surface area contributed by atoms with E-state index in [1.165, 1.54) is 0 Å². The highest BCUT2D eigenvalue weighted by Gasteiger charge is 2.05. The number of aromatic nitrogens is 1. The molecule has 2 nitrogen and oxygen atoms in total. The maximum absolute atomic E-state index is 5.66. The lowest BCUT2D eigenvalue weighted by molar-refractivity contribution is 0.472. The average molecular weight is 146 g/mol. The van der Waals surface area contributed by atoms with Crippen molar-refractivity contribution < 1.29 is 4.42 Å². The van der Waals surface area contributed by atoms with Crippen LogP contribution in [0.5, 0.6) is 0 Å². The van der Waals surface area contributed by atoms with Gasteiger partial charge in [-0.15, -0.1) is 11.6 Å². The van der Waals surface area contributed by atoms with Gasteiger partial charge in [0.1, 0.15) is 11.1 Å². The molecule has 1 atom stereocenters. The molecule has 0 aliphatic rings. The Morgan fingerprint density at radius 2 is 2.44 bits per heavy atom. The molecule has 0 aromatic carbocycles. The molecule has 0 fully saturated rings. The lowest BCUT2D eigenvalue weighted by Gasteiger charge is -1.91. The van der Waals surface area contributed by atoms with E-state index in [0.29, 0.717) is 5.89 Å². The number of oxazole rings is 1. The summed E-state index contributed by atoms with van der Waals surface area (Å²) in [6.07, 6.45) is 1.66. The normalized spacial score (nSPS) is 13.7. The van der Waals surface area contributed by atoms with E-state index in [4.69, 9.17) is 16.0 Å². The van der Waals surface area contributed by atoms with Gasteiger partial charge < -0.3 is 4.42 Å². The van der Waals surface area contributed by atoms with Crippen molar-refractivity contribution in [2.24, 2.45) is 0 Å². The number of halogens is 1. The molecule has 1 rings (SSSR count). The molecule has 0 saturated heterocycles. The minimum absolute atomic E-state index is 0.126. The molecule has 9 heavy (non-hydrogen) atoms. The Bertz CT molecular complexity index is 195. The molecule has 0 N–H and O–H groups in total. The summed E-state index contributed by atoms with van der Waals surface area (Å²) in [5, 5.41) is -0.126. The third-order valence-corrected chi connectivity index (χ3v) is 1.17. The Balaban J connectivity index is 2.85. The van der Waals surface area contributed by atoms with E-state index in [1.807, 2.05) is 13.8 Å². The zero-order valence-electron chi connectivity index (χ0n) is 5.39. The smallest absolute Gasteiger partial charge is 0.212 e. The minimum atomic E-state index is -0.126. The highest BCUT2D eigenvalue weighted by Crippen LogP contribution is 2.17. The number of hydrogen-bond acceptors (Lipinski definition) is 2. The van der Waals surface area contributed by atoms with Crippen molar-refractivity contribution in [3.8, 4) is 0 Å². The monoisotopic (exact) mass is 145 g/mol. The molecule has 0 bridgehead atoms. The second-order valence-electron chi connectivity index (χ2n) is 1.93. The topological polar surface area (TPSA) is 26.0 Å². The van der Waals surface area contributed by atoms with Crippen molar-refractivity contribution >= 4 is 11.6 Å². The first-order chi connectivity index (χ1) is 4.20. The molecule has 0 unspecified atom stereocenters. The third-order valence-electron chi connectivity index (χ3n) is 0.979. The summed E-state index contributed by atoms with van der Waals surface area (Å²) < 4.78 is 5.10. The van der Waals surface area contributed by atoms with E-state index in [0.717, 1.165) is 5.76 Å². The van der Waals surface area contributed by atoms with Crippen LogP contribution in [0.4, 0.5) is 0 Å². The van der Waals surface area contributed by atoms with Crippen LogP contribution in [-0.4, -0.2) is 4.98 Å². The van der Waals surface area contributed by atoms with Crippen LogP contribution < -0.4 is 0 Å². The summed E-state index contributed by atoms with van der Waals surface area (Å²) in [7, 11) is 0. The number of alkyl halides is 1. The van der Waals surface area contributed by atoms with Gasteiger partial charge in [-0.3, -0.25) is 0 Å². The van der Waals surface area contributed by atoms with Crippen LogP contribution >= 0.6 is 11.6 Å². The largest absolute Gasteiger partial charge is 0.444 e. The van der Waals surface area contributed by atoms with Gasteiger partial charge in [0.2, 0.25) is 5.89 Å². The molecule has 1 aromatic heterocycles. The van der Waals surface area contributed by atoms with Crippen LogP contribution in [0, 0.1) is 6.92 Å². The standard InChI is InChI=1S/C6H8ClNO/c1-4-3-8-6(9-4)5(2)7/h3,5H,1-2H3/t5-/m1/s1. The van der Waals surface area contributed by atoms with Gasteiger partial charge in [-0.2, -0.15) is 0 Å². The zero-order chi connectivity index (χ0) is 6.85. The number of aryl methyl sites for hydroxylation is 1. The number of hydrogen-bond donors (Lipinski definition) is 0. The summed E-state index contributed by atoms with van der Waals surface area (Å²) in [6, 6.07) is 0. The summed E-state index contributed by atoms with van der Waals surface area (Å²) in [5.74, 6) is 1.40. The van der Waals surface area contributed by atoms with Crippen LogP contribution in [0.2, 0.25) is 0 Å². The summed E-state index contributed by atoms with van der Waals surface area (Å²) in [5.41, 5.74) is 0. The Kier molecular flexibility index (Phi) is 1.76. The minimum Gasteiger partial charge on any atom is -0.444 e. The van der Waals surface area contributed by atoms with E-state index in [2.05, 4.69) is 4.98 Å². The molecule has 50 valence electrons. The maximum Gasteiger partial charge on any atom is 0.212 e.